The smallest absolute Gasteiger partial charge is 0.157 e. The fourth-order valence-corrected chi connectivity index (χ4v) is 2.73. The summed E-state index contributed by atoms with van der Waals surface area (Å²) in [5, 5.41) is 3.57. The minimum absolute atomic E-state index is 0.286. The van der Waals surface area contributed by atoms with Gasteiger partial charge in [0.1, 0.15) is 0 Å². The van der Waals surface area contributed by atoms with Crippen LogP contribution in [0.3, 0.4) is 0 Å². The van der Waals surface area contributed by atoms with Gasteiger partial charge in [0.25, 0.3) is 0 Å². The lowest BCUT2D eigenvalue weighted by Crippen LogP contribution is -2.39. The van der Waals surface area contributed by atoms with Crippen LogP contribution in [0.4, 0.5) is 0 Å². The van der Waals surface area contributed by atoms with Crippen LogP contribution in [-0.2, 0) is 4.79 Å². The summed E-state index contributed by atoms with van der Waals surface area (Å²) in [5.41, 5.74) is 1.17. The third kappa shape index (κ3) is 2.42. The Bertz CT molecular complexity index is 282. The largest absolute Gasteiger partial charge is 0.385 e. The van der Waals surface area contributed by atoms with Crippen LogP contribution in [0.25, 0.3) is 0 Å². The van der Waals surface area contributed by atoms with Crippen LogP contribution in [0, 0.1) is 11.8 Å². The molecule has 3 atom stereocenters. The van der Waals surface area contributed by atoms with Crippen molar-refractivity contribution in [2.24, 2.45) is 11.8 Å². The number of carbonyl (C=O) groups excluding carboxylic acids is 1. The van der Waals surface area contributed by atoms with Crippen molar-refractivity contribution in [3.05, 3.63) is 11.8 Å². The topological polar surface area (TPSA) is 29.1 Å². The van der Waals surface area contributed by atoms with Gasteiger partial charge in [0.15, 0.2) is 5.78 Å². The second kappa shape index (κ2) is 4.38. The zero-order chi connectivity index (χ0) is 10.8. The van der Waals surface area contributed by atoms with Crippen LogP contribution < -0.4 is 5.32 Å². The van der Waals surface area contributed by atoms with E-state index in [1.54, 1.807) is 6.08 Å². The molecule has 2 heteroatoms. The molecule has 15 heavy (non-hydrogen) atoms. The fraction of sp³-hybridized carbons (Fsp3) is 0.769. The highest BCUT2D eigenvalue weighted by molar-refractivity contribution is 5.92. The molecular formula is C13H21NO. The molecule has 84 valence electrons. The summed E-state index contributed by atoms with van der Waals surface area (Å²) in [5.74, 6) is 1.83. The zero-order valence-corrected chi connectivity index (χ0v) is 9.75. The van der Waals surface area contributed by atoms with Crippen molar-refractivity contribution < 1.29 is 4.79 Å². The number of nitrogens with one attached hydrogen (secondary N) is 1. The molecule has 1 N–H and O–H groups in total. The van der Waals surface area contributed by atoms with E-state index in [-0.39, 0.29) is 5.78 Å². The first-order valence-corrected chi connectivity index (χ1v) is 6.17. The van der Waals surface area contributed by atoms with E-state index in [2.05, 4.69) is 19.2 Å². The maximum Gasteiger partial charge on any atom is 0.157 e. The van der Waals surface area contributed by atoms with Gasteiger partial charge >= 0.3 is 0 Å². The quantitative estimate of drug-likeness (QED) is 0.754. The Morgan fingerprint density at radius 3 is 2.73 bits per heavy atom. The first-order chi connectivity index (χ1) is 7.16. The summed E-state index contributed by atoms with van der Waals surface area (Å²) >= 11 is 0. The van der Waals surface area contributed by atoms with Crippen molar-refractivity contribution in [2.45, 2.75) is 52.0 Å². The van der Waals surface area contributed by atoms with Gasteiger partial charge in [0.05, 0.1) is 0 Å². The summed E-state index contributed by atoms with van der Waals surface area (Å²) in [4.78, 5) is 11.1. The van der Waals surface area contributed by atoms with Gasteiger partial charge in [-0.1, -0.05) is 26.7 Å². The lowest BCUT2D eigenvalue weighted by Gasteiger charge is -2.35. The Balaban J connectivity index is 1.93. The minimum atomic E-state index is 0.286. The van der Waals surface area contributed by atoms with Crippen molar-refractivity contribution in [1.29, 1.82) is 0 Å². The third-order valence-electron chi connectivity index (χ3n) is 4.05. The standard InChI is InChI=1S/C13H21NO/c1-9-4-3-5-13(10(9)2)14-11-6-7-12(15)8-11/h8-10,13-14H,3-7H2,1-2H3. The molecule has 0 bridgehead atoms. The number of allylic oxidation sites excluding steroid dienone is 2. The van der Waals surface area contributed by atoms with Gasteiger partial charge in [-0.15, -0.1) is 0 Å². The molecule has 0 aromatic rings. The summed E-state index contributed by atoms with van der Waals surface area (Å²) < 4.78 is 0. The Morgan fingerprint density at radius 2 is 2.07 bits per heavy atom. The number of rotatable bonds is 2. The van der Waals surface area contributed by atoms with Crippen LogP contribution >= 0.6 is 0 Å². The number of hydrogen-bond donors (Lipinski definition) is 1. The normalized spacial score (nSPS) is 36.5. The molecule has 0 radical (unpaired) electrons. The first kappa shape index (κ1) is 10.7. The van der Waals surface area contributed by atoms with E-state index in [0.717, 1.165) is 18.3 Å². The molecule has 2 aliphatic rings. The van der Waals surface area contributed by atoms with Crippen molar-refractivity contribution in [1.82, 2.24) is 5.32 Å². The Kier molecular flexibility index (Phi) is 3.13. The van der Waals surface area contributed by atoms with Gasteiger partial charge in [-0.2, -0.15) is 0 Å². The van der Waals surface area contributed by atoms with Crippen LogP contribution in [0.2, 0.25) is 0 Å². The molecule has 0 aromatic heterocycles. The second-order valence-electron chi connectivity index (χ2n) is 5.15. The van der Waals surface area contributed by atoms with Gasteiger partial charge in [0, 0.05) is 24.2 Å². The van der Waals surface area contributed by atoms with Gasteiger partial charge in [-0.05, 0) is 24.7 Å². The average Bonchev–Trinajstić information content (AvgIpc) is 2.59. The summed E-state index contributed by atoms with van der Waals surface area (Å²) in [6, 6.07) is 0.589. The fourth-order valence-electron chi connectivity index (χ4n) is 2.73. The molecule has 2 nitrogen and oxygen atoms in total. The lowest BCUT2D eigenvalue weighted by molar-refractivity contribution is -0.114. The Labute approximate surface area is 92.1 Å². The van der Waals surface area contributed by atoms with Crippen LogP contribution in [0.15, 0.2) is 11.8 Å². The second-order valence-corrected chi connectivity index (χ2v) is 5.15. The summed E-state index contributed by atoms with van der Waals surface area (Å²) in [6.45, 7) is 4.67. The van der Waals surface area contributed by atoms with E-state index in [0.29, 0.717) is 12.5 Å². The molecule has 0 spiro atoms. The Hall–Kier alpha value is -0.790. The van der Waals surface area contributed by atoms with E-state index in [4.69, 9.17) is 0 Å². The highest BCUT2D eigenvalue weighted by Crippen LogP contribution is 2.30. The lowest BCUT2D eigenvalue weighted by atomic mass is 9.78. The molecule has 2 rings (SSSR count). The molecule has 0 heterocycles. The van der Waals surface area contributed by atoms with E-state index in [9.17, 15) is 4.79 Å². The summed E-state index contributed by atoms with van der Waals surface area (Å²) in [7, 11) is 0. The SMILES string of the molecule is CC1CCCC(NC2=CC(=O)CC2)C1C. The molecule has 0 saturated heterocycles. The molecule has 0 aliphatic heterocycles. The zero-order valence-electron chi connectivity index (χ0n) is 9.75. The van der Waals surface area contributed by atoms with Crippen molar-refractivity contribution in [2.75, 3.05) is 0 Å². The van der Waals surface area contributed by atoms with Gasteiger partial charge in [-0.25, -0.2) is 0 Å². The van der Waals surface area contributed by atoms with E-state index < -0.39 is 0 Å². The Morgan fingerprint density at radius 1 is 1.27 bits per heavy atom. The predicted octanol–water partition coefficient (Wildman–Crippen LogP) is 2.65. The third-order valence-corrected chi connectivity index (χ3v) is 4.05. The molecule has 1 fully saturated rings. The van der Waals surface area contributed by atoms with Crippen LogP contribution in [0.1, 0.15) is 46.0 Å². The molecule has 0 amide bonds. The van der Waals surface area contributed by atoms with Crippen LogP contribution in [-0.4, -0.2) is 11.8 Å². The van der Waals surface area contributed by atoms with Gasteiger partial charge in [-0.3, -0.25) is 4.79 Å². The maximum atomic E-state index is 11.1. The maximum absolute atomic E-state index is 11.1. The van der Waals surface area contributed by atoms with Crippen LogP contribution in [0.5, 0.6) is 0 Å². The molecule has 0 aromatic carbocycles. The number of carbonyl (C=O) groups is 1. The highest BCUT2D eigenvalue weighted by atomic mass is 16.1. The molecule has 3 unspecified atom stereocenters. The summed E-state index contributed by atoms with van der Waals surface area (Å²) in [6.07, 6.45) is 7.38. The predicted molar refractivity (Wildman–Crippen MR) is 61.4 cm³/mol. The molecule has 1 saturated carbocycles. The van der Waals surface area contributed by atoms with E-state index in [1.165, 1.54) is 25.0 Å². The van der Waals surface area contributed by atoms with Gasteiger partial charge < -0.3 is 5.32 Å². The average molecular weight is 207 g/mol. The number of ketones is 1. The highest BCUT2D eigenvalue weighted by Gasteiger charge is 2.28. The van der Waals surface area contributed by atoms with Gasteiger partial charge in [0.2, 0.25) is 0 Å². The van der Waals surface area contributed by atoms with E-state index in [1.807, 2.05) is 0 Å². The molecule has 2 aliphatic carbocycles. The van der Waals surface area contributed by atoms with E-state index >= 15 is 0 Å². The monoisotopic (exact) mass is 207 g/mol. The van der Waals surface area contributed by atoms with Crippen molar-refractivity contribution in [3.63, 3.8) is 0 Å². The molecular weight excluding hydrogens is 186 g/mol. The minimum Gasteiger partial charge on any atom is -0.385 e. The first-order valence-electron chi connectivity index (χ1n) is 6.17. The number of hydrogen-bond acceptors (Lipinski definition) is 2. The van der Waals surface area contributed by atoms with Crippen molar-refractivity contribution >= 4 is 5.78 Å². The van der Waals surface area contributed by atoms with Crippen molar-refractivity contribution in [3.8, 4) is 0 Å².